The van der Waals surface area contributed by atoms with Crippen LogP contribution in [-0.4, -0.2) is 18.4 Å². The second-order valence-corrected chi connectivity index (χ2v) is 6.35. The van der Waals surface area contributed by atoms with E-state index in [1.807, 2.05) is 13.0 Å². The Hall–Kier alpha value is -2.01. The van der Waals surface area contributed by atoms with Crippen molar-refractivity contribution < 1.29 is 18.7 Å². The third-order valence-electron chi connectivity index (χ3n) is 3.36. The molecule has 0 heterocycles. The quantitative estimate of drug-likeness (QED) is 0.328. The fourth-order valence-electron chi connectivity index (χ4n) is 2.23. The summed E-state index contributed by atoms with van der Waals surface area (Å²) in [4.78, 5) is 23.8. The largest absolute Gasteiger partial charge is 0.460 e. The zero-order chi connectivity index (χ0) is 17.0. The van der Waals surface area contributed by atoms with Crippen LogP contribution in [0.5, 0.6) is 0 Å². The Kier molecular flexibility index (Phi) is 5.66. The highest BCUT2D eigenvalue weighted by molar-refractivity contribution is 9.09. The van der Waals surface area contributed by atoms with Crippen molar-refractivity contribution in [3.63, 3.8) is 0 Å². The van der Waals surface area contributed by atoms with Crippen molar-refractivity contribution in [1.29, 1.82) is 0 Å². The van der Waals surface area contributed by atoms with Crippen LogP contribution in [0.25, 0.3) is 11.1 Å². The molecule has 3 nitrogen and oxygen atoms in total. The van der Waals surface area contributed by atoms with Gasteiger partial charge in [0.2, 0.25) is 0 Å². The molecule has 0 saturated heterocycles. The van der Waals surface area contributed by atoms with Gasteiger partial charge in [-0.2, -0.15) is 0 Å². The molecule has 5 heteroatoms. The molecule has 0 amide bonds. The van der Waals surface area contributed by atoms with Crippen LogP contribution in [0.2, 0.25) is 0 Å². The zero-order valence-corrected chi connectivity index (χ0v) is 14.4. The Morgan fingerprint density at radius 3 is 2.30 bits per heavy atom. The normalized spacial score (nSPS) is 11.8. The zero-order valence-electron chi connectivity index (χ0n) is 12.8. The summed E-state index contributed by atoms with van der Waals surface area (Å²) in [5.74, 6) is -1.84. The molecule has 0 fully saturated rings. The highest BCUT2D eigenvalue weighted by Crippen LogP contribution is 2.31. The molecular formula is C18H16BrFO3. The fourth-order valence-corrected chi connectivity index (χ4v) is 2.61. The number of hydrogen-bond donors (Lipinski definition) is 0. The monoisotopic (exact) mass is 378 g/mol. The first-order chi connectivity index (χ1) is 10.9. The molecule has 0 aromatic heterocycles. The summed E-state index contributed by atoms with van der Waals surface area (Å²) in [5, 5.41) is 0. The SMILES string of the molecule is CCOC(=O)C(=O)c1ccc(-c2ccc(F)cc2)cc1C(C)Br. The van der Waals surface area contributed by atoms with E-state index >= 15 is 0 Å². The fraction of sp³-hybridized carbons (Fsp3) is 0.222. The van der Waals surface area contributed by atoms with Crippen LogP contribution in [0, 0.1) is 5.82 Å². The van der Waals surface area contributed by atoms with E-state index in [9.17, 15) is 14.0 Å². The van der Waals surface area contributed by atoms with E-state index in [0.29, 0.717) is 11.1 Å². The third kappa shape index (κ3) is 4.05. The van der Waals surface area contributed by atoms with Crippen LogP contribution in [-0.2, 0) is 9.53 Å². The number of ether oxygens (including phenoxy) is 1. The maximum Gasteiger partial charge on any atom is 0.379 e. The first kappa shape index (κ1) is 17.3. The lowest BCUT2D eigenvalue weighted by Crippen LogP contribution is -2.19. The number of hydrogen-bond acceptors (Lipinski definition) is 3. The molecule has 2 rings (SSSR count). The molecule has 0 aliphatic rings. The van der Waals surface area contributed by atoms with Crippen molar-refractivity contribution in [3.05, 3.63) is 59.4 Å². The van der Waals surface area contributed by atoms with Gasteiger partial charge < -0.3 is 4.74 Å². The third-order valence-corrected chi connectivity index (χ3v) is 3.86. The summed E-state index contributed by atoms with van der Waals surface area (Å²) in [5.41, 5.74) is 2.66. The van der Waals surface area contributed by atoms with E-state index < -0.39 is 11.8 Å². The Balaban J connectivity index is 2.44. The van der Waals surface area contributed by atoms with Crippen LogP contribution < -0.4 is 0 Å². The van der Waals surface area contributed by atoms with Gasteiger partial charge in [0, 0.05) is 10.4 Å². The van der Waals surface area contributed by atoms with Gasteiger partial charge in [-0.15, -0.1) is 0 Å². The Labute approximate surface area is 142 Å². The van der Waals surface area contributed by atoms with E-state index in [1.54, 1.807) is 31.2 Å². The van der Waals surface area contributed by atoms with Gasteiger partial charge in [-0.25, -0.2) is 9.18 Å². The predicted molar refractivity (Wildman–Crippen MR) is 90.1 cm³/mol. The molecule has 0 aliphatic heterocycles. The minimum atomic E-state index is -0.864. The number of ketones is 1. The maximum absolute atomic E-state index is 13.0. The van der Waals surface area contributed by atoms with E-state index in [1.165, 1.54) is 12.1 Å². The Bertz CT molecular complexity index is 724. The van der Waals surface area contributed by atoms with Gasteiger partial charge in [0.05, 0.1) is 6.61 Å². The van der Waals surface area contributed by atoms with Gasteiger partial charge in [-0.05, 0) is 54.8 Å². The molecule has 0 N–H and O–H groups in total. The van der Waals surface area contributed by atoms with Gasteiger partial charge in [0.1, 0.15) is 5.82 Å². The molecule has 23 heavy (non-hydrogen) atoms. The smallest absolute Gasteiger partial charge is 0.379 e. The number of esters is 1. The van der Waals surface area contributed by atoms with Crippen LogP contribution in [0.15, 0.2) is 42.5 Å². The van der Waals surface area contributed by atoms with Crippen LogP contribution >= 0.6 is 15.9 Å². The average molecular weight is 379 g/mol. The van der Waals surface area contributed by atoms with Crippen LogP contribution in [0.3, 0.4) is 0 Å². The van der Waals surface area contributed by atoms with E-state index in [4.69, 9.17) is 4.74 Å². The molecule has 120 valence electrons. The van der Waals surface area contributed by atoms with Gasteiger partial charge in [-0.3, -0.25) is 4.79 Å². The molecule has 0 bridgehead atoms. The Morgan fingerprint density at radius 1 is 1.13 bits per heavy atom. The lowest BCUT2D eigenvalue weighted by atomic mass is 9.95. The first-order valence-electron chi connectivity index (χ1n) is 7.19. The highest BCUT2D eigenvalue weighted by Gasteiger charge is 2.22. The number of benzene rings is 2. The van der Waals surface area contributed by atoms with Gasteiger partial charge >= 0.3 is 5.97 Å². The molecule has 2 aromatic rings. The van der Waals surface area contributed by atoms with Gasteiger partial charge in [0.15, 0.2) is 0 Å². The first-order valence-corrected chi connectivity index (χ1v) is 8.11. The summed E-state index contributed by atoms with van der Waals surface area (Å²) >= 11 is 3.44. The van der Waals surface area contributed by atoms with Crippen molar-refractivity contribution in [2.45, 2.75) is 18.7 Å². The second kappa shape index (κ2) is 7.51. The number of rotatable bonds is 5. The molecule has 0 radical (unpaired) electrons. The standard InChI is InChI=1S/C18H16BrFO3/c1-3-23-18(22)17(21)15-9-6-13(10-16(15)11(2)19)12-4-7-14(20)8-5-12/h4-11H,3H2,1-2H3. The molecular weight excluding hydrogens is 363 g/mol. The molecule has 0 saturated carbocycles. The van der Waals surface area contributed by atoms with Gasteiger partial charge in [-0.1, -0.05) is 34.1 Å². The summed E-state index contributed by atoms with van der Waals surface area (Å²) in [7, 11) is 0. The average Bonchev–Trinajstić information content (AvgIpc) is 2.54. The number of alkyl halides is 1. The lowest BCUT2D eigenvalue weighted by Gasteiger charge is -2.13. The predicted octanol–water partition coefficient (Wildman–Crippen LogP) is 4.69. The second-order valence-electron chi connectivity index (χ2n) is 4.97. The Morgan fingerprint density at radius 2 is 1.74 bits per heavy atom. The molecule has 1 unspecified atom stereocenters. The number of halogens is 2. The minimum absolute atomic E-state index is 0.128. The van der Waals surface area contributed by atoms with Crippen molar-refractivity contribution in [2.24, 2.45) is 0 Å². The van der Waals surface area contributed by atoms with Gasteiger partial charge in [0.25, 0.3) is 5.78 Å². The molecule has 0 aliphatic carbocycles. The van der Waals surface area contributed by atoms with Crippen molar-refractivity contribution >= 4 is 27.7 Å². The summed E-state index contributed by atoms with van der Waals surface area (Å²) < 4.78 is 17.8. The van der Waals surface area contributed by atoms with Crippen molar-refractivity contribution in [2.75, 3.05) is 6.61 Å². The highest BCUT2D eigenvalue weighted by atomic mass is 79.9. The summed E-state index contributed by atoms with van der Waals surface area (Å²) in [6.45, 7) is 3.67. The topological polar surface area (TPSA) is 43.4 Å². The van der Waals surface area contributed by atoms with Crippen LogP contribution in [0.4, 0.5) is 4.39 Å². The summed E-state index contributed by atoms with van der Waals surface area (Å²) in [6.07, 6.45) is 0. The van der Waals surface area contributed by atoms with E-state index in [0.717, 1.165) is 11.1 Å². The number of Topliss-reactive ketones (excluding diaryl/α,β-unsaturated/α-hetero) is 1. The van der Waals surface area contributed by atoms with Crippen molar-refractivity contribution in [3.8, 4) is 11.1 Å². The maximum atomic E-state index is 13.0. The minimum Gasteiger partial charge on any atom is -0.460 e. The molecule has 2 aromatic carbocycles. The van der Waals surface area contributed by atoms with Crippen molar-refractivity contribution in [1.82, 2.24) is 0 Å². The molecule has 0 spiro atoms. The van der Waals surface area contributed by atoms with Crippen LogP contribution in [0.1, 0.15) is 34.6 Å². The number of carbonyl (C=O) groups is 2. The molecule has 1 atom stereocenters. The van der Waals surface area contributed by atoms with E-state index in [2.05, 4.69) is 15.9 Å². The lowest BCUT2D eigenvalue weighted by molar-refractivity contribution is -0.137. The van der Waals surface area contributed by atoms with E-state index in [-0.39, 0.29) is 17.3 Å². The number of carbonyl (C=O) groups excluding carboxylic acids is 2. The summed E-state index contributed by atoms with van der Waals surface area (Å²) in [6, 6.07) is 11.2.